The van der Waals surface area contributed by atoms with Crippen molar-refractivity contribution in [2.24, 2.45) is 0 Å². The van der Waals surface area contributed by atoms with Crippen LogP contribution in [0.2, 0.25) is 0 Å². The number of fused-ring (bicyclic) bond motifs is 1. The third kappa shape index (κ3) is 6.72. The molecular weight excluding hydrogens is 466 g/mol. The Balaban J connectivity index is 1.47. The van der Waals surface area contributed by atoms with Crippen LogP contribution in [0.1, 0.15) is 34.0 Å². The van der Waals surface area contributed by atoms with Crippen molar-refractivity contribution >= 4 is 27.3 Å². The molecule has 4 rings (SSSR count). The molecule has 0 aliphatic carbocycles. The van der Waals surface area contributed by atoms with Gasteiger partial charge in [-0.2, -0.15) is 0 Å². The maximum Gasteiger partial charge on any atom is 0.251 e. The van der Waals surface area contributed by atoms with Crippen LogP contribution in [0.15, 0.2) is 72.1 Å². The van der Waals surface area contributed by atoms with Crippen LogP contribution < -0.4 is 10.6 Å². The largest absolute Gasteiger partial charge is 0.390 e. The minimum atomic E-state index is -0.981. The maximum atomic E-state index is 13.8. The number of amides is 1. The predicted molar refractivity (Wildman–Crippen MR) is 137 cm³/mol. The number of halogens is 2. The zero-order valence-corrected chi connectivity index (χ0v) is 20.2. The van der Waals surface area contributed by atoms with E-state index in [1.165, 1.54) is 29.0 Å². The van der Waals surface area contributed by atoms with Gasteiger partial charge in [0.1, 0.15) is 11.6 Å². The van der Waals surface area contributed by atoms with E-state index in [2.05, 4.69) is 29.7 Å². The molecule has 7 heteroatoms. The van der Waals surface area contributed by atoms with Crippen LogP contribution in [0.25, 0.3) is 10.1 Å². The molecule has 0 spiro atoms. The number of aliphatic hydroxyl groups is 1. The number of aliphatic hydroxyl groups excluding tert-OH is 1. The summed E-state index contributed by atoms with van der Waals surface area (Å²) >= 11 is 1.54. The van der Waals surface area contributed by atoms with E-state index >= 15 is 0 Å². The van der Waals surface area contributed by atoms with E-state index in [-0.39, 0.29) is 18.9 Å². The molecule has 0 radical (unpaired) electrons. The quantitative estimate of drug-likeness (QED) is 0.283. The monoisotopic (exact) mass is 494 g/mol. The fourth-order valence-corrected chi connectivity index (χ4v) is 4.91. The molecular formula is C28H28F2N2O2S. The molecule has 0 aliphatic heterocycles. The summed E-state index contributed by atoms with van der Waals surface area (Å²) in [6, 6.07) is 18.1. The zero-order chi connectivity index (χ0) is 24.8. The Kier molecular flexibility index (Phi) is 8.23. The van der Waals surface area contributed by atoms with E-state index in [1.807, 2.05) is 29.6 Å². The molecule has 182 valence electrons. The molecule has 0 fully saturated rings. The van der Waals surface area contributed by atoms with Gasteiger partial charge in [0.25, 0.3) is 5.91 Å². The second-order valence-corrected chi connectivity index (χ2v) is 9.55. The average molecular weight is 495 g/mol. The lowest BCUT2D eigenvalue weighted by Gasteiger charge is -2.25. The summed E-state index contributed by atoms with van der Waals surface area (Å²) in [6.45, 7) is 2.84. The van der Waals surface area contributed by atoms with Crippen molar-refractivity contribution in [3.63, 3.8) is 0 Å². The van der Waals surface area contributed by atoms with Gasteiger partial charge in [-0.15, -0.1) is 11.3 Å². The van der Waals surface area contributed by atoms with E-state index in [0.717, 1.165) is 28.1 Å². The number of aryl methyl sites for hydroxylation is 1. The first kappa shape index (κ1) is 25.0. The number of carbonyl (C=O) groups is 1. The second kappa shape index (κ2) is 11.5. The van der Waals surface area contributed by atoms with Crippen LogP contribution >= 0.6 is 11.3 Å². The zero-order valence-electron chi connectivity index (χ0n) is 19.4. The predicted octanol–water partition coefficient (Wildman–Crippen LogP) is 5.23. The van der Waals surface area contributed by atoms with Gasteiger partial charge in [-0.05, 0) is 70.6 Å². The third-order valence-electron chi connectivity index (χ3n) is 5.96. The number of rotatable bonds is 10. The van der Waals surface area contributed by atoms with Gasteiger partial charge in [-0.25, -0.2) is 8.78 Å². The third-order valence-corrected chi connectivity index (χ3v) is 6.84. The first-order chi connectivity index (χ1) is 16.9. The Labute approximate surface area is 207 Å². The number of benzene rings is 3. The number of nitrogens with one attached hydrogen (secondary N) is 2. The van der Waals surface area contributed by atoms with Crippen molar-refractivity contribution in [3.05, 3.63) is 106 Å². The molecule has 1 amide bonds. The highest BCUT2D eigenvalue weighted by Gasteiger charge is 2.23. The standard InChI is InChI=1S/C28H28F2N2O2S/c1-2-18-4-3-5-19(10-18)16-31-17-26(33)25(13-20-11-23(29)15-24(30)12-20)32-28(34)22-7-6-21-8-9-35-27(21)14-22/h3-12,14-15,25-26,31,33H,2,13,16-17H2,1H3,(H,32,34)/t25-,26+/m0/s1. The fraction of sp³-hybridized carbons (Fsp3) is 0.250. The van der Waals surface area contributed by atoms with Crippen LogP contribution in [0, 0.1) is 11.6 Å². The maximum absolute atomic E-state index is 13.8. The van der Waals surface area contributed by atoms with E-state index in [9.17, 15) is 18.7 Å². The van der Waals surface area contributed by atoms with Gasteiger partial charge >= 0.3 is 0 Å². The molecule has 0 bridgehead atoms. The van der Waals surface area contributed by atoms with E-state index in [1.54, 1.807) is 12.1 Å². The lowest BCUT2D eigenvalue weighted by atomic mass is 10.00. The van der Waals surface area contributed by atoms with Crippen LogP contribution in [0.4, 0.5) is 8.78 Å². The molecule has 4 nitrogen and oxygen atoms in total. The van der Waals surface area contributed by atoms with E-state index in [0.29, 0.717) is 17.7 Å². The second-order valence-electron chi connectivity index (χ2n) is 8.61. The number of hydrogen-bond donors (Lipinski definition) is 3. The summed E-state index contributed by atoms with van der Waals surface area (Å²) in [5.74, 6) is -1.75. The van der Waals surface area contributed by atoms with Crippen molar-refractivity contribution in [2.45, 2.75) is 38.5 Å². The van der Waals surface area contributed by atoms with Crippen molar-refractivity contribution in [1.82, 2.24) is 10.6 Å². The Morgan fingerprint density at radius 3 is 2.51 bits per heavy atom. The lowest BCUT2D eigenvalue weighted by Crippen LogP contribution is -2.48. The smallest absolute Gasteiger partial charge is 0.251 e. The molecule has 1 aromatic heterocycles. The van der Waals surface area contributed by atoms with Gasteiger partial charge < -0.3 is 15.7 Å². The molecule has 2 atom stereocenters. The number of carbonyl (C=O) groups excluding carboxylic acids is 1. The van der Waals surface area contributed by atoms with Gasteiger partial charge in [0.15, 0.2) is 0 Å². The summed E-state index contributed by atoms with van der Waals surface area (Å²) in [6.07, 6.45) is 0.0344. The van der Waals surface area contributed by atoms with Crippen LogP contribution in [0.5, 0.6) is 0 Å². The van der Waals surface area contributed by atoms with Crippen LogP contribution in [-0.4, -0.2) is 29.7 Å². The summed E-state index contributed by atoms with van der Waals surface area (Å²) in [5, 5.41) is 20.1. The van der Waals surface area contributed by atoms with Crippen molar-refractivity contribution in [1.29, 1.82) is 0 Å². The summed E-state index contributed by atoms with van der Waals surface area (Å²) in [7, 11) is 0. The van der Waals surface area contributed by atoms with Crippen LogP contribution in [-0.2, 0) is 19.4 Å². The van der Waals surface area contributed by atoms with Gasteiger partial charge in [0, 0.05) is 29.4 Å². The highest BCUT2D eigenvalue weighted by molar-refractivity contribution is 7.17. The molecule has 1 heterocycles. The Morgan fingerprint density at radius 1 is 0.971 bits per heavy atom. The minimum Gasteiger partial charge on any atom is -0.390 e. The molecule has 0 unspecified atom stereocenters. The average Bonchev–Trinajstić information content (AvgIpc) is 3.31. The molecule has 0 saturated carbocycles. The molecule has 3 N–H and O–H groups in total. The molecule has 35 heavy (non-hydrogen) atoms. The topological polar surface area (TPSA) is 61.4 Å². The summed E-state index contributed by atoms with van der Waals surface area (Å²) in [5.41, 5.74) is 3.14. The number of thiophene rings is 1. The van der Waals surface area contributed by atoms with E-state index in [4.69, 9.17) is 0 Å². The van der Waals surface area contributed by atoms with Crippen molar-refractivity contribution in [3.8, 4) is 0 Å². The SMILES string of the molecule is CCc1cccc(CNC[C@@H](O)[C@H](Cc2cc(F)cc(F)c2)NC(=O)c2ccc3ccsc3c2)c1. The lowest BCUT2D eigenvalue weighted by molar-refractivity contribution is 0.0830. The van der Waals surface area contributed by atoms with Crippen molar-refractivity contribution < 1.29 is 18.7 Å². The first-order valence-electron chi connectivity index (χ1n) is 11.6. The Morgan fingerprint density at radius 2 is 1.74 bits per heavy atom. The molecule has 0 aliphatic rings. The van der Waals surface area contributed by atoms with Crippen molar-refractivity contribution in [2.75, 3.05) is 6.54 Å². The first-order valence-corrected chi connectivity index (χ1v) is 12.5. The number of hydrogen-bond acceptors (Lipinski definition) is 4. The van der Waals surface area contributed by atoms with Crippen LogP contribution in [0.3, 0.4) is 0 Å². The van der Waals surface area contributed by atoms with Gasteiger partial charge in [-0.3, -0.25) is 4.79 Å². The molecule has 0 saturated heterocycles. The highest BCUT2D eigenvalue weighted by Crippen LogP contribution is 2.22. The normalized spacial score (nSPS) is 13.0. The summed E-state index contributed by atoms with van der Waals surface area (Å²) in [4.78, 5) is 13.0. The minimum absolute atomic E-state index is 0.0792. The fourth-order valence-electron chi connectivity index (χ4n) is 4.08. The van der Waals surface area contributed by atoms with E-state index < -0.39 is 23.8 Å². The van der Waals surface area contributed by atoms with Gasteiger partial charge in [0.05, 0.1) is 12.1 Å². The van der Waals surface area contributed by atoms with Gasteiger partial charge in [-0.1, -0.05) is 37.3 Å². The molecule has 4 aromatic rings. The summed E-state index contributed by atoms with van der Waals surface area (Å²) < 4.78 is 28.5. The Hall–Kier alpha value is -3.13. The Bertz CT molecular complexity index is 1290. The molecule has 3 aromatic carbocycles. The highest BCUT2D eigenvalue weighted by atomic mass is 32.1. The van der Waals surface area contributed by atoms with Gasteiger partial charge in [0.2, 0.25) is 0 Å².